The average molecular weight is 521 g/mol. The Balaban J connectivity index is 1.24. The molecule has 1 aromatic heterocycles. The van der Waals surface area contributed by atoms with Crippen molar-refractivity contribution in [3.63, 3.8) is 0 Å². The Hall–Kier alpha value is -1.46. The van der Waals surface area contributed by atoms with Crippen LogP contribution in [0.4, 0.5) is 19.1 Å². The number of aromatic nitrogens is 2. The second-order valence-electron chi connectivity index (χ2n) is 9.94. The van der Waals surface area contributed by atoms with Crippen molar-refractivity contribution in [2.24, 2.45) is 11.8 Å². The molecule has 0 saturated carbocycles. The van der Waals surface area contributed by atoms with Crippen LogP contribution in [-0.4, -0.2) is 74.0 Å². The first-order valence-electron chi connectivity index (χ1n) is 12.8. The molecule has 0 aliphatic carbocycles. The van der Waals surface area contributed by atoms with Crippen LogP contribution in [0.25, 0.3) is 0 Å². The standard InChI is InChI=1S/C24H39F3N4O3S/c1-20-17-28-23(29-18-20)30-12-7-21(8-13-30)5-2-3-15-34-19-22-6-4-11-31(14-9-22)35(32,33)16-10-24(25,26)27/h17-18,21-22H,2-16,19H2,1H3. The lowest BCUT2D eigenvalue weighted by atomic mass is 9.92. The molecule has 1 unspecified atom stereocenters. The molecule has 0 spiro atoms. The summed E-state index contributed by atoms with van der Waals surface area (Å²) in [5, 5.41) is 0. The first-order valence-corrected chi connectivity index (χ1v) is 14.4. The number of nitrogens with zero attached hydrogens (tertiary/aromatic N) is 4. The smallest absolute Gasteiger partial charge is 0.381 e. The number of rotatable bonds is 11. The van der Waals surface area contributed by atoms with Crippen molar-refractivity contribution >= 4 is 16.0 Å². The van der Waals surface area contributed by atoms with Gasteiger partial charge in [-0.15, -0.1) is 0 Å². The van der Waals surface area contributed by atoms with Gasteiger partial charge in [-0.3, -0.25) is 0 Å². The summed E-state index contributed by atoms with van der Waals surface area (Å²) in [4.78, 5) is 11.1. The van der Waals surface area contributed by atoms with Crippen LogP contribution < -0.4 is 4.90 Å². The topological polar surface area (TPSA) is 75.6 Å². The Morgan fingerprint density at radius 1 is 1.00 bits per heavy atom. The fourth-order valence-electron chi connectivity index (χ4n) is 4.82. The van der Waals surface area contributed by atoms with E-state index in [4.69, 9.17) is 4.74 Å². The summed E-state index contributed by atoms with van der Waals surface area (Å²) in [5.74, 6) is 0.939. The summed E-state index contributed by atoms with van der Waals surface area (Å²) < 4.78 is 68.8. The Morgan fingerprint density at radius 2 is 1.69 bits per heavy atom. The van der Waals surface area contributed by atoms with Crippen molar-refractivity contribution in [2.75, 3.05) is 50.0 Å². The van der Waals surface area contributed by atoms with E-state index in [1.807, 2.05) is 19.3 Å². The SMILES string of the molecule is Cc1cnc(N2CCC(CCCCOCC3CCCN(S(=O)(=O)CCC(F)(F)F)CC3)CC2)nc1. The number of unbranched alkanes of at least 4 members (excludes halogenated alkanes) is 1. The maximum Gasteiger partial charge on any atom is 0.390 e. The zero-order valence-electron chi connectivity index (χ0n) is 20.7. The monoisotopic (exact) mass is 520 g/mol. The van der Waals surface area contributed by atoms with Crippen LogP contribution in [0.2, 0.25) is 0 Å². The molecule has 1 aromatic rings. The highest BCUT2D eigenvalue weighted by Gasteiger charge is 2.33. The molecule has 7 nitrogen and oxygen atoms in total. The molecular formula is C24H39F3N4O3S. The molecule has 2 aliphatic rings. The van der Waals surface area contributed by atoms with Crippen molar-refractivity contribution in [1.82, 2.24) is 14.3 Å². The highest BCUT2D eigenvalue weighted by atomic mass is 32.2. The first kappa shape index (κ1) is 28.1. The van der Waals surface area contributed by atoms with Crippen LogP contribution in [0, 0.1) is 18.8 Å². The summed E-state index contributed by atoms with van der Waals surface area (Å²) in [6, 6.07) is 0. The zero-order chi connectivity index (χ0) is 25.3. The largest absolute Gasteiger partial charge is 0.390 e. The molecular weight excluding hydrogens is 481 g/mol. The molecule has 2 aliphatic heterocycles. The average Bonchev–Trinajstić information content (AvgIpc) is 3.07. The lowest BCUT2D eigenvalue weighted by Crippen LogP contribution is -2.35. The van der Waals surface area contributed by atoms with E-state index in [1.165, 1.54) is 10.7 Å². The molecule has 35 heavy (non-hydrogen) atoms. The second kappa shape index (κ2) is 13.2. The molecule has 3 rings (SSSR count). The second-order valence-corrected chi connectivity index (χ2v) is 12.0. The predicted molar refractivity (Wildman–Crippen MR) is 130 cm³/mol. The highest BCUT2D eigenvalue weighted by molar-refractivity contribution is 7.89. The van der Waals surface area contributed by atoms with Gasteiger partial charge in [-0.25, -0.2) is 22.7 Å². The van der Waals surface area contributed by atoms with Gasteiger partial charge in [-0.2, -0.15) is 13.2 Å². The third-order valence-corrected chi connectivity index (χ3v) is 8.88. The van der Waals surface area contributed by atoms with Crippen LogP contribution in [0.3, 0.4) is 0 Å². The van der Waals surface area contributed by atoms with Crippen molar-refractivity contribution in [2.45, 2.75) is 70.9 Å². The number of halogens is 3. The van der Waals surface area contributed by atoms with Gasteiger partial charge in [0.1, 0.15) is 0 Å². The van der Waals surface area contributed by atoms with E-state index in [-0.39, 0.29) is 12.5 Å². The molecule has 200 valence electrons. The Kier molecular flexibility index (Phi) is 10.6. The van der Waals surface area contributed by atoms with Crippen LogP contribution >= 0.6 is 0 Å². The quantitative estimate of drug-likeness (QED) is 0.398. The van der Waals surface area contributed by atoms with Gasteiger partial charge in [0.15, 0.2) is 0 Å². The molecule has 1 atom stereocenters. The summed E-state index contributed by atoms with van der Waals surface area (Å²) >= 11 is 0. The predicted octanol–water partition coefficient (Wildman–Crippen LogP) is 4.57. The molecule has 0 N–H and O–H groups in total. The maximum atomic E-state index is 12.4. The Labute approximate surface area is 207 Å². The number of ether oxygens (including phenoxy) is 1. The van der Waals surface area contributed by atoms with Gasteiger partial charge in [0.2, 0.25) is 16.0 Å². The van der Waals surface area contributed by atoms with Gasteiger partial charge in [0.25, 0.3) is 0 Å². The van der Waals surface area contributed by atoms with E-state index >= 15 is 0 Å². The molecule has 3 heterocycles. The fourth-order valence-corrected chi connectivity index (χ4v) is 6.35. The Morgan fingerprint density at radius 3 is 2.37 bits per heavy atom. The van der Waals surface area contributed by atoms with E-state index in [9.17, 15) is 21.6 Å². The lowest BCUT2D eigenvalue weighted by molar-refractivity contribution is -0.130. The molecule has 0 amide bonds. The highest BCUT2D eigenvalue weighted by Crippen LogP contribution is 2.26. The van der Waals surface area contributed by atoms with Crippen molar-refractivity contribution in [3.8, 4) is 0 Å². The van der Waals surface area contributed by atoms with Crippen LogP contribution in [0.5, 0.6) is 0 Å². The molecule has 0 aromatic carbocycles. The lowest BCUT2D eigenvalue weighted by Gasteiger charge is -2.32. The first-order chi connectivity index (χ1) is 16.6. The summed E-state index contributed by atoms with van der Waals surface area (Å²) in [6.07, 6.45) is 5.75. The fraction of sp³-hybridized carbons (Fsp3) is 0.833. The van der Waals surface area contributed by atoms with Crippen LogP contribution in [-0.2, 0) is 14.8 Å². The summed E-state index contributed by atoms with van der Waals surface area (Å²) in [5.41, 5.74) is 1.07. The molecule has 2 saturated heterocycles. The minimum atomic E-state index is -4.46. The molecule has 11 heteroatoms. The van der Waals surface area contributed by atoms with E-state index in [0.717, 1.165) is 62.6 Å². The van der Waals surface area contributed by atoms with Crippen LogP contribution in [0.15, 0.2) is 12.4 Å². The zero-order valence-corrected chi connectivity index (χ0v) is 21.5. The number of anilines is 1. The van der Waals surface area contributed by atoms with Crippen LogP contribution in [0.1, 0.15) is 63.4 Å². The summed E-state index contributed by atoms with van der Waals surface area (Å²) in [6.45, 7) is 5.84. The number of piperidine rings is 1. The van der Waals surface area contributed by atoms with Gasteiger partial charge in [0, 0.05) is 51.8 Å². The minimum absolute atomic E-state index is 0.256. The van der Waals surface area contributed by atoms with Gasteiger partial charge in [0.05, 0.1) is 12.2 Å². The normalized spacial score (nSPS) is 21.3. The third-order valence-electron chi connectivity index (χ3n) is 7.01. The number of alkyl halides is 3. The number of hydrogen-bond donors (Lipinski definition) is 0. The maximum absolute atomic E-state index is 12.4. The van der Waals surface area contributed by atoms with E-state index in [1.54, 1.807) is 0 Å². The van der Waals surface area contributed by atoms with Crippen molar-refractivity contribution < 1.29 is 26.3 Å². The van der Waals surface area contributed by atoms with Crippen molar-refractivity contribution in [3.05, 3.63) is 18.0 Å². The number of aryl methyl sites for hydroxylation is 1. The van der Waals surface area contributed by atoms with Crippen molar-refractivity contribution in [1.29, 1.82) is 0 Å². The summed E-state index contributed by atoms with van der Waals surface area (Å²) in [7, 11) is -3.87. The number of sulfonamides is 1. The number of hydrogen-bond acceptors (Lipinski definition) is 6. The van der Waals surface area contributed by atoms with Gasteiger partial charge >= 0.3 is 6.18 Å². The Bertz CT molecular complexity index is 860. The van der Waals surface area contributed by atoms with E-state index in [2.05, 4.69) is 14.9 Å². The minimum Gasteiger partial charge on any atom is -0.381 e. The van der Waals surface area contributed by atoms with E-state index < -0.39 is 28.4 Å². The molecule has 0 bridgehead atoms. The van der Waals surface area contributed by atoms with Gasteiger partial charge in [-0.05, 0) is 62.8 Å². The molecule has 2 fully saturated rings. The third kappa shape index (κ3) is 9.84. The van der Waals surface area contributed by atoms with Gasteiger partial charge in [-0.1, -0.05) is 12.8 Å². The molecule has 0 radical (unpaired) electrons. The van der Waals surface area contributed by atoms with Gasteiger partial charge < -0.3 is 9.64 Å². The van der Waals surface area contributed by atoms with E-state index in [0.29, 0.717) is 32.6 Å².